The Kier molecular flexibility index (Phi) is 4.97. The van der Waals surface area contributed by atoms with Gasteiger partial charge in [-0.25, -0.2) is 4.98 Å². The van der Waals surface area contributed by atoms with Crippen LogP contribution in [-0.2, 0) is 4.79 Å². The molecule has 1 heterocycles. The normalized spacial score (nSPS) is 13.6. The molecule has 2 amide bonds. The van der Waals surface area contributed by atoms with E-state index >= 15 is 0 Å². The van der Waals surface area contributed by atoms with E-state index in [1.165, 1.54) is 23.1 Å². The molecule has 0 spiro atoms. The summed E-state index contributed by atoms with van der Waals surface area (Å²) in [5, 5.41) is 7.72. The number of thiazole rings is 1. The van der Waals surface area contributed by atoms with E-state index in [-0.39, 0.29) is 11.8 Å². The fourth-order valence-electron chi connectivity index (χ4n) is 1.96. The van der Waals surface area contributed by atoms with Gasteiger partial charge in [-0.2, -0.15) is 0 Å². The number of aromatic nitrogens is 1. The number of hydrogen-bond acceptors (Lipinski definition) is 5. The quantitative estimate of drug-likeness (QED) is 0.788. The van der Waals surface area contributed by atoms with Gasteiger partial charge in [0.2, 0.25) is 5.91 Å². The third kappa shape index (κ3) is 4.80. The molecule has 1 fully saturated rings. The number of carbonyl (C=O) groups excluding carboxylic acids is 2. The third-order valence-corrected chi connectivity index (χ3v) is 5.38. The minimum atomic E-state index is -0.109. The minimum absolute atomic E-state index is 0.0868. The molecule has 0 atom stereocenters. The van der Waals surface area contributed by atoms with Crippen LogP contribution in [0, 0.1) is 6.92 Å². The van der Waals surface area contributed by atoms with Crippen molar-refractivity contribution in [3.8, 4) is 0 Å². The average Bonchev–Trinajstić information content (AvgIpc) is 3.25. The molecule has 0 radical (unpaired) electrons. The van der Waals surface area contributed by atoms with Gasteiger partial charge in [0.25, 0.3) is 5.91 Å². The summed E-state index contributed by atoms with van der Waals surface area (Å²) in [5.74, 6) is 0.102. The first-order chi connectivity index (χ1) is 11.1. The van der Waals surface area contributed by atoms with Gasteiger partial charge in [0.1, 0.15) is 0 Å². The molecule has 2 N–H and O–H groups in total. The van der Waals surface area contributed by atoms with E-state index in [0.29, 0.717) is 23.0 Å². The summed E-state index contributed by atoms with van der Waals surface area (Å²) in [6.07, 6.45) is 2.10. The summed E-state index contributed by atoms with van der Waals surface area (Å²) in [6, 6.07) is 7.33. The molecule has 5 nitrogen and oxygen atoms in total. The highest BCUT2D eigenvalue weighted by Gasteiger charge is 2.23. The number of hydrogen-bond donors (Lipinski definition) is 2. The first kappa shape index (κ1) is 16.0. The predicted octanol–water partition coefficient (Wildman–Crippen LogP) is 3.07. The van der Waals surface area contributed by atoms with Crippen LogP contribution in [0.4, 0.5) is 5.69 Å². The van der Waals surface area contributed by atoms with E-state index in [1.807, 2.05) is 12.3 Å². The van der Waals surface area contributed by atoms with Crippen LogP contribution in [0.15, 0.2) is 34.0 Å². The van der Waals surface area contributed by atoms with Crippen LogP contribution in [0.2, 0.25) is 0 Å². The second-order valence-electron chi connectivity index (χ2n) is 5.42. The Morgan fingerprint density at radius 1 is 1.39 bits per heavy atom. The second-order valence-corrected chi connectivity index (χ2v) is 7.50. The highest BCUT2D eigenvalue weighted by Crippen LogP contribution is 2.23. The fraction of sp³-hybridized carbons (Fsp3) is 0.312. The summed E-state index contributed by atoms with van der Waals surface area (Å²) in [6.45, 7) is 1.93. The molecule has 0 unspecified atom stereocenters. The van der Waals surface area contributed by atoms with Crippen LogP contribution in [0.3, 0.4) is 0 Å². The van der Waals surface area contributed by atoms with Crippen LogP contribution in [0.5, 0.6) is 0 Å². The molecule has 1 aliphatic rings. The van der Waals surface area contributed by atoms with Crippen molar-refractivity contribution in [2.45, 2.75) is 30.1 Å². The Morgan fingerprint density at radius 3 is 2.91 bits per heavy atom. The zero-order valence-corrected chi connectivity index (χ0v) is 14.3. The maximum absolute atomic E-state index is 12.0. The van der Waals surface area contributed by atoms with E-state index in [0.717, 1.165) is 22.9 Å². The van der Waals surface area contributed by atoms with Crippen molar-refractivity contribution in [3.05, 3.63) is 40.9 Å². The highest BCUT2D eigenvalue weighted by atomic mass is 32.2. The molecule has 0 saturated heterocycles. The number of aryl methyl sites for hydroxylation is 1. The highest BCUT2D eigenvalue weighted by molar-refractivity contribution is 8.01. The number of rotatable bonds is 6. The number of anilines is 1. The van der Waals surface area contributed by atoms with Gasteiger partial charge >= 0.3 is 0 Å². The number of nitrogens with zero attached hydrogens (tertiary/aromatic N) is 1. The van der Waals surface area contributed by atoms with E-state index in [2.05, 4.69) is 15.6 Å². The van der Waals surface area contributed by atoms with Gasteiger partial charge in [0, 0.05) is 28.4 Å². The van der Waals surface area contributed by atoms with Gasteiger partial charge in [-0.3, -0.25) is 9.59 Å². The van der Waals surface area contributed by atoms with Crippen molar-refractivity contribution in [1.82, 2.24) is 10.3 Å². The van der Waals surface area contributed by atoms with Crippen molar-refractivity contribution >= 4 is 40.6 Å². The Balaban J connectivity index is 1.54. The summed E-state index contributed by atoms with van der Waals surface area (Å²) >= 11 is 2.95. The predicted molar refractivity (Wildman–Crippen MR) is 93.1 cm³/mol. The largest absolute Gasteiger partial charge is 0.349 e. The van der Waals surface area contributed by atoms with Crippen molar-refractivity contribution in [2.24, 2.45) is 0 Å². The molecule has 23 heavy (non-hydrogen) atoms. The molecule has 0 bridgehead atoms. The number of benzene rings is 1. The lowest BCUT2D eigenvalue weighted by Gasteiger charge is -2.07. The Bertz CT molecular complexity index is 726. The van der Waals surface area contributed by atoms with Crippen LogP contribution in [0.1, 0.15) is 28.9 Å². The van der Waals surface area contributed by atoms with E-state index in [9.17, 15) is 9.59 Å². The summed E-state index contributed by atoms with van der Waals surface area (Å²) in [7, 11) is 0. The molecule has 1 saturated carbocycles. The average molecular weight is 347 g/mol. The Labute approximate surface area is 142 Å². The number of thioether (sulfide) groups is 1. The summed E-state index contributed by atoms with van der Waals surface area (Å²) < 4.78 is 0.884. The molecule has 0 aliphatic heterocycles. The molecular formula is C16H17N3O2S2. The molecule has 1 aromatic carbocycles. The number of nitrogens with one attached hydrogen (secondary N) is 2. The molecule has 2 aromatic rings. The lowest BCUT2D eigenvalue weighted by Crippen LogP contribution is -2.25. The minimum Gasteiger partial charge on any atom is -0.349 e. The Hall–Kier alpha value is -1.86. The van der Waals surface area contributed by atoms with Crippen LogP contribution < -0.4 is 10.6 Å². The van der Waals surface area contributed by atoms with Crippen LogP contribution >= 0.6 is 23.1 Å². The van der Waals surface area contributed by atoms with Crippen molar-refractivity contribution in [2.75, 3.05) is 11.1 Å². The molecule has 120 valence electrons. The molecule has 7 heteroatoms. The molecular weight excluding hydrogens is 330 g/mol. The smallest absolute Gasteiger partial charge is 0.251 e. The van der Waals surface area contributed by atoms with Gasteiger partial charge in [0.05, 0.1) is 5.75 Å². The monoisotopic (exact) mass is 347 g/mol. The third-order valence-electron chi connectivity index (χ3n) is 3.25. The van der Waals surface area contributed by atoms with Gasteiger partial charge < -0.3 is 10.6 Å². The number of amides is 2. The first-order valence-electron chi connectivity index (χ1n) is 7.36. The maximum Gasteiger partial charge on any atom is 0.251 e. The standard InChI is InChI=1S/C16H17N3O2S2/c1-10-8-22-16(17-10)23-9-14(20)18-13-4-2-3-11(7-13)15(21)19-12-5-6-12/h2-4,7-8,12H,5-6,9H2,1H3,(H,18,20)(H,19,21). The van der Waals surface area contributed by atoms with Gasteiger partial charge in [-0.1, -0.05) is 17.8 Å². The van der Waals surface area contributed by atoms with Crippen molar-refractivity contribution < 1.29 is 9.59 Å². The summed E-state index contributed by atoms with van der Waals surface area (Å²) in [4.78, 5) is 28.3. The zero-order chi connectivity index (χ0) is 16.2. The SMILES string of the molecule is Cc1csc(SCC(=O)Nc2cccc(C(=O)NC3CC3)c2)n1. The van der Waals surface area contributed by atoms with Crippen LogP contribution in [-0.4, -0.2) is 28.6 Å². The molecule has 1 aliphatic carbocycles. The fourth-order valence-corrected chi connectivity index (χ4v) is 3.61. The van der Waals surface area contributed by atoms with Crippen molar-refractivity contribution in [3.63, 3.8) is 0 Å². The van der Waals surface area contributed by atoms with E-state index < -0.39 is 0 Å². The lowest BCUT2D eigenvalue weighted by molar-refractivity contribution is -0.113. The molecule has 3 rings (SSSR count). The Morgan fingerprint density at radius 2 is 2.22 bits per heavy atom. The number of carbonyl (C=O) groups is 2. The van der Waals surface area contributed by atoms with E-state index in [1.54, 1.807) is 24.3 Å². The summed E-state index contributed by atoms with van der Waals surface area (Å²) in [5.41, 5.74) is 2.17. The van der Waals surface area contributed by atoms with Gasteiger partial charge in [0.15, 0.2) is 4.34 Å². The van der Waals surface area contributed by atoms with Gasteiger partial charge in [-0.15, -0.1) is 11.3 Å². The maximum atomic E-state index is 12.0. The second kappa shape index (κ2) is 7.14. The lowest BCUT2D eigenvalue weighted by atomic mass is 10.2. The first-order valence-corrected chi connectivity index (χ1v) is 9.22. The van der Waals surface area contributed by atoms with Crippen molar-refractivity contribution in [1.29, 1.82) is 0 Å². The topological polar surface area (TPSA) is 71.1 Å². The zero-order valence-electron chi connectivity index (χ0n) is 12.7. The van der Waals surface area contributed by atoms with Crippen LogP contribution in [0.25, 0.3) is 0 Å². The van der Waals surface area contributed by atoms with E-state index in [4.69, 9.17) is 0 Å². The molecule has 1 aromatic heterocycles. The van der Waals surface area contributed by atoms with Gasteiger partial charge in [-0.05, 0) is 38.0 Å².